The highest BCUT2D eigenvalue weighted by Gasteiger charge is 2.35. The van der Waals surface area contributed by atoms with Crippen LogP contribution < -0.4 is 10.2 Å². The number of pyridine rings is 1. The Bertz CT molecular complexity index is 421. The van der Waals surface area contributed by atoms with Crippen molar-refractivity contribution in [3.63, 3.8) is 0 Å². The molecule has 0 radical (unpaired) electrons. The Hall–Kier alpha value is -0.610. The van der Waals surface area contributed by atoms with Gasteiger partial charge in [0.15, 0.2) is 0 Å². The molecule has 2 unspecified atom stereocenters. The number of hydrogen-bond donors (Lipinski definition) is 1. The van der Waals surface area contributed by atoms with Crippen LogP contribution in [0.5, 0.6) is 0 Å². The van der Waals surface area contributed by atoms with Gasteiger partial charge in [0.25, 0.3) is 0 Å². The Morgan fingerprint density at radius 3 is 3.18 bits per heavy atom. The van der Waals surface area contributed by atoms with E-state index in [1.54, 1.807) is 0 Å². The zero-order valence-corrected chi connectivity index (χ0v) is 11.7. The molecule has 1 N–H and O–H groups in total. The van der Waals surface area contributed by atoms with Gasteiger partial charge in [-0.05, 0) is 53.2 Å². The molecule has 0 bridgehead atoms. The zero-order chi connectivity index (χ0) is 11.8. The summed E-state index contributed by atoms with van der Waals surface area (Å²) < 4.78 is 1.10. The fourth-order valence-corrected chi connectivity index (χ4v) is 3.25. The molecule has 2 saturated heterocycles. The van der Waals surface area contributed by atoms with Crippen molar-refractivity contribution in [1.82, 2.24) is 10.3 Å². The number of piperidine rings is 1. The second-order valence-corrected chi connectivity index (χ2v) is 5.97. The fraction of sp³-hybridized carbons (Fsp3) is 0.615. The van der Waals surface area contributed by atoms with Crippen LogP contribution in [0, 0.1) is 12.8 Å². The van der Waals surface area contributed by atoms with Gasteiger partial charge >= 0.3 is 0 Å². The van der Waals surface area contributed by atoms with Crippen molar-refractivity contribution in [2.75, 3.05) is 24.5 Å². The Morgan fingerprint density at radius 1 is 1.47 bits per heavy atom. The first-order valence-electron chi connectivity index (χ1n) is 6.35. The summed E-state index contributed by atoms with van der Waals surface area (Å²) >= 11 is 3.52. The van der Waals surface area contributed by atoms with E-state index in [-0.39, 0.29) is 0 Å². The molecular weight excluding hydrogens is 278 g/mol. The number of halogens is 1. The van der Waals surface area contributed by atoms with Crippen LogP contribution in [0.15, 0.2) is 16.7 Å². The van der Waals surface area contributed by atoms with Gasteiger partial charge in [0.2, 0.25) is 0 Å². The molecule has 0 aliphatic carbocycles. The second kappa shape index (κ2) is 4.58. The van der Waals surface area contributed by atoms with E-state index in [1.807, 2.05) is 6.20 Å². The summed E-state index contributed by atoms with van der Waals surface area (Å²) in [5.74, 6) is 1.96. The van der Waals surface area contributed by atoms with Crippen LogP contribution >= 0.6 is 15.9 Å². The maximum Gasteiger partial charge on any atom is 0.129 e. The van der Waals surface area contributed by atoms with Gasteiger partial charge < -0.3 is 10.2 Å². The average Bonchev–Trinajstić information content (AvgIpc) is 2.80. The van der Waals surface area contributed by atoms with Crippen molar-refractivity contribution in [1.29, 1.82) is 0 Å². The molecule has 17 heavy (non-hydrogen) atoms. The molecule has 2 atom stereocenters. The van der Waals surface area contributed by atoms with Crippen LogP contribution in [-0.2, 0) is 0 Å². The second-order valence-electron chi connectivity index (χ2n) is 5.11. The van der Waals surface area contributed by atoms with Crippen molar-refractivity contribution in [2.45, 2.75) is 25.8 Å². The Kier molecular flexibility index (Phi) is 3.09. The summed E-state index contributed by atoms with van der Waals surface area (Å²) in [6, 6.07) is 2.85. The normalized spacial score (nSPS) is 28.2. The first-order valence-corrected chi connectivity index (χ1v) is 7.14. The van der Waals surface area contributed by atoms with Gasteiger partial charge in [0, 0.05) is 36.3 Å². The van der Waals surface area contributed by atoms with Crippen LogP contribution in [0.4, 0.5) is 5.82 Å². The summed E-state index contributed by atoms with van der Waals surface area (Å²) in [6.07, 6.45) is 4.58. The standard InChI is InChI=1S/C13H18BrN3/c1-9-5-13(16-7-11(9)14)17-4-2-3-10-6-15-8-12(10)17/h5,7,10,12,15H,2-4,6,8H2,1H3. The number of nitrogens with zero attached hydrogens (tertiary/aromatic N) is 2. The highest BCUT2D eigenvalue weighted by Crippen LogP contribution is 2.31. The average molecular weight is 296 g/mol. The number of anilines is 1. The van der Waals surface area contributed by atoms with E-state index in [9.17, 15) is 0 Å². The third-order valence-corrected chi connectivity index (χ3v) is 4.84. The van der Waals surface area contributed by atoms with Crippen LogP contribution in [0.25, 0.3) is 0 Å². The molecule has 2 fully saturated rings. The van der Waals surface area contributed by atoms with E-state index >= 15 is 0 Å². The van der Waals surface area contributed by atoms with E-state index in [2.05, 4.69) is 44.1 Å². The summed E-state index contributed by atoms with van der Waals surface area (Å²) in [5.41, 5.74) is 1.27. The minimum absolute atomic E-state index is 0.650. The van der Waals surface area contributed by atoms with Gasteiger partial charge in [0.1, 0.15) is 5.82 Å². The molecule has 3 nitrogen and oxygen atoms in total. The van der Waals surface area contributed by atoms with Crippen molar-refractivity contribution in [2.24, 2.45) is 5.92 Å². The molecule has 0 amide bonds. The van der Waals surface area contributed by atoms with Crippen LogP contribution in [0.2, 0.25) is 0 Å². The molecule has 0 saturated carbocycles. The topological polar surface area (TPSA) is 28.2 Å². The van der Waals surface area contributed by atoms with Crippen molar-refractivity contribution < 1.29 is 0 Å². The summed E-state index contributed by atoms with van der Waals surface area (Å²) in [7, 11) is 0. The minimum Gasteiger partial charge on any atom is -0.352 e. The molecule has 3 heterocycles. The highest BCUT2D eigenvalue weighted by molar-refractivity contribution is 9.10. The number of fused-ring (bicyclic) bond motifs is 1. The Balaban J connectivity index is 1.89. The molecule has 4 heteroatoms. The van der Waals surface area contributed by atoms with E-state index in [0.29, 0.717) is 6.04 Å². The predicted molar refractivity (Wildman–Crippen MR) is 73.4 cm³/mol. The maximum atomic E-state index is 4.57. The van der Waals surface area contributed by atoms with Gasteiger partial charge in [-0.2, -0.15) is 0 Å². The molecular formula is C13H18BrN3. The lowest BCUT2D eigenvalue weighted by Gasteiger charge is -2.38. The highest BCUT2D eigenvalue weighted by atomic mass is 79.9. The number of aromatic nitrogens is 1. The number of aryl methyl sites for hydroxylation is 1. The fourth-order valence-electron chi connectivity index (χ4n) is 3.03. The lowest BCUT2D eigenvalue weighted by Crippen LogP contribution is -2.45. The number of nitrogens with one attached hydrogen (secondary N) is 1. The largest absolute Gasteiger partial charge is 0.352 e. The van der Waals surface area contributed by atoms with E-state index in [1.165, 1.54) is 24.9 Å². The van der Waals surface area contributed by atoms with Crippen LogP contribution in [0.3, 0.4) is 0 Å². The van der Waals surface area contributed by atoms with Gasteiger partial charge in [-0.25, -0.2) is 4.98 Å². The minimum atomic E-state index is 0.650. The molecule has 0 aromatic carbocycles. The zero-order valence-electron chi connectivity index (χ0n) is 10.1. The monoisotopic (exact) mass is 295 g/mol. The number of rotatable bonds is 1. The first-order chi connectivity index (χ1) is 8.25. The third-order valence-electron chi connectivity index (χ3n) is 4.01. The Morgan fingerprint density at radius 2 is 2.35 bits per heavy atom. The van der Waals surface area contributed by atoms with Gasteiger partial charge in [-0.15, -0.1) is 0 Å². The van der Waals surface area contributed by atoms with E-state index in [4.69, 9.17) is 0 Å². The van der Waals surface area contributed by atoms with E-state index in [0.717, 1.165) is 29.3 Å². The molecule has 1 aromatic heterocycles. The van der Waals surface area contributed by atoms with Crippen molar-refractivity contribution in [3.8, 4) is 0 Å². The van der Waals surface area contributed by atoms with Crippen LogP contribution in [0.1, 0.15) is 18.4 Å². The first kappa shape index (κ1) is 11.5. The molecule has 0 spiro atoms. The maximum absolute atomic E-state index is 4.57. The van der Waals surface area contributed by atoms with Crippen molar-refractivity contribution >= 4 is 21.7 Å². The molecule has 3 rings (SSSR count). The lowest BCUT2D eigenvalue weighted by atomic mass is 9.92. The molecule has 92 valence electrons. The van der Waals surface area contributed by atoms with E-state index < -0.39 is 0 Å². The van der Waals surface area contributed by atoms with Crippen LogP contribution in [-0.4, -0.2) is 30.7 Å². The Labute approximate surface area is 111 Å². The summed E-state index contributed by atoms with van der Waals surface area (Å²) in [5, 5.41) is 3.51. The summed E-state index contributed by atoms with van der Waals surface area (Å²) in [4.78, 5) is 7.07. The van der Waals surface area contributed by atoms with Gasteiger partial charge in [-0.1, -0.05) is 0 Å². The van der Waals surface area contributed by atoms with Crippen molar-refractivity contribution in [3.05, 3.63) is 22.3 Å². The number of hydrogen-bond acceptors (Lipinski definition) is 3. The SMILES string of the molecule is Cc1cc(N2CCCC3CNCC32)ncc1Br. The molecule has 2 aliphatic rings. The third kappa shape index (κ3) is 2.08. The summed E-state index contributed by atoms with van der Waals surface area (Å²) in [6.45, 7) is 5.57. The molecule has 2 aliphatic heterocycles. The quantitative estimate of drug-likeness (QED) is 0.862. The molecule has 1 aromatic rings. The van der Waals surface area contributed by atoms with Gasteiger partial charge in [0.05, 0.1) is 0 Å². The lowest BCUT2D eigenvalue weighted by molar-refractivity contribution is 0.383. The predicted octanol–water partition coefficient (Wildman–Crippen LogP) is 2.34. The smallest absolute Gasteiger partial charge is 0.129 e. The van der Waals surface area contributed by atoms with Gasteiger partial charge in [-0.3, -0.25) is 0 Å².